The van der Waals surface area contributed by atoms with Crippen LogP contribution in [0.15, 0.2) is 30.3 Å². The van der Waals surface area contributed by atoms with Gasteiger partial charge in [0.2, 0.25) is 5.88 Å². The number of aromatic carboxylic acids is 1. The topological polar surface area (TPSA) is 64.3 Å². The van der Waals surface area contributed by atoms with Crippen LogP contribution in [0.5, 0.6) is 5.88 Å². The standard InChI is InChI=1S/C13H12N2O3/c16-13(17)10-11(9-5-2-1-3-6-9)14-15-7-4-8-18-12(10)15/h1-3,5-6H,4,7-8H2,(H,16,17). The van der Waals surface area contributed by atoms with Gasteiger partial charge in [-0.05, 0) is 0 Å². The number of hydrogen-bond acceptors (Lipinski definition) is 3. The lowest BCUT2D eigenvalue weighted by molar-refractivity contribution is 0.0690. The highest BCUT2D eigenvalue weighted by molar-refractivity contribution is 5.97. The third kappa shape index (κ3) is 1.64. The summed E-state index contributed by atoms with van der Waals surface area (Å²) in [5.41, 5.74) is 1.42. The SMILES string of the molecule is O=C(O)c1c(-c2ccccc2)nn2c1OCCC2. The number of fused-ring (bicyclic) bond motifs is 1. The minimum atomic E-state index is -1.00. The number of rotatable bonds is 2. The van der Waals surface area contributed by atoms with Crippen molar-refractivity contribution < 1.29 is 14.6 Å². The van der Waals surface area contributed by atoms with Gasteiger partial charge in [0.25, 0.3) is 0 Å². The van der Waals surface area contributed by atoms with E-state index in [4.69, 9.17) is 4.74 Å². The van der Waals surface area contributed by atoms with Gasteiger partial charge in [0.15, 0.2) is 0 Å². The monoisotopic (exact) mass is 244 g/mol. The van der Waals surface area contributed by atoms with E-state index in [1.54, 1.807) is 4.68 Å². The summed E-state index contributed by atoms with van der Waals surface area (Å²) in [7, 11) is 0. The van der Waals surface area contributed by atoms with Gasteiger partial charge in [0, 0.05) is 18.5 Å². The maximum Gasteiger partial charge on any atom is 0.343 e. The number of aryl methyl sites for hydroxylation is 1. The summed E-state index contributed by atoms with van der Waals surface area (Å²) in [6.45, 7) is 1.24. The molecule has 1 aromatic carbocycles. The molecule has 92 valence electrons. The number of ether oxygens (including phenoxy) is 1. The molecule has 0 unspecified atom stereocenters. The van der Waals surface area contributed by atoms with Crippen molar-refractivity contribution in [3.63, 3.8) is 0 Å². The van der Waals surface area contributed by atoms with Crippen molar-refractivity contribution in [2.24, 2.45) is 0 Å². The Morgan fingerprint density at radius 3 is 2.83 bits per heavy atom. The van der Waals surface area contributed by atoms with Gasteiger partial charge in [-0.15, -0.1) is 0 Å². The number of carboxylic acids is 1. The van der Waals surface area contributed by atoms with E-state index in [1.807, 2.05) is 30.3 Å². The molecular formula is C13H12N2O3. The number of carbonyl (C=O) groups is 1. The summed E-state index contributed by atoms with van der Waals surface area (Å²) in [5, 5.41) is 13.7. The van der Waals surface area contributed by atoms with Gasteiger partial charge in [0.1, 0.15) is 11.3 Å². The molecule has 0 bridgehead atoms. The molecule has 1 aliphatic heterocycles. The van der Waals surface area contributed by atoms with E-state index in [1.165, 1.54) is 0 Å². The van der Waals surface area contributed by atoms with Gasteiger partial charge in [-0.2, -0.15) is 5.10 Å². The van der Waals surface area contributed by atoms with Crippen molar-refractivity contribution in [1.82, 2.24) is 9.78 Å². The Hall–Kier alpha value is -2.30. The fourth-order valence-corrected chi connectivity index (χ4v) is 2.12. The molecule has 1 N–H and O–H groups in total. The maximum absolute atomic E-state index is 11.4. The van der Waals surface area contributed by atoms with Crippen LogP contribution in [0.3, 0.4) is 0 Å². The van der Waals surface area contributed by atoms with E-state index < -0.39 is 5.97 Å². The van der Waals surface area contributed by atoms with Gasteiger partial charge < -0.3 is 9.84 Å². The molecule has 0 saturated heterocycles. The molecule has 0 aliphatic carbocycles. The third-order valence-electron chi connectivity index (χ3n) is 2.92. The highest BCUT2D eigenvalue weighted by Gasteiger charge is 2.27. The van der Waals surface area contributed by atoms with Crippen molar-refractivity contribution in [3.05, 3.63) is 35.9 Å². The van der Waals surface area contributed by atoms with Crippen LogP contribution in [-0.2, 0) is 6.54 Å². The van der Waals surface area contributed by atoms with Crippen LogP contribution in [-0.4, -0.2) is 27.5 Å². The Labute approximate surface area is 104 Å². The molecule has 0 fully saturated rings. The smallest absolute Gasteiger partial charge is 0.343 e. The lowest BCUT2D eigenvalue weighted by atomic mass is 10.1. The number of nitrogens with zero attached hydrogens (tertiary/aromatic N) is 2. The molecule has 2 aromatic rings. The van der Waals surface area contributed by atoms with E-state index in [2.05, 4.69) is 5.10 Å². The maximum atomic E-state index is 11.4. The van der Waals surface area contributed by atoms with Crippen molar-refractivity contribution in [1.29, 1.82) is 0 Å². The van der Waals surface area contributed by atoms with Crippen molar-refractivity contribution in [3.8, 4) is 17.1 Å². The van der Waals surface area contributed by atoms with Crippen LogP contribution in [0.2, 0.25) is 0 Å². The van der Waals surface area contributed by atoms with E-state index in [0.29, 0.717) is 24.7 Å². The van der Waals surface area contributed by atoms with Crippen LogP contribution >= 0.6 is 0 Å². The predicted molar refractivity (Wildman–Crippen MR) is 64.7 cm³/mol. The average molecular weight is 244 g/mol. The Balaban J connectivity index is 2.20. The molecule has 0 radical (unpaired) electrons. The molecule has 0 saturated carbocycles. The second-order valence-electron chi connectivity index (χ2n) is 4.13. The molecule has 0 atom stereocenters. The van der Waals surface area contributed by atoms with Gasteiger partial charge >= 0.3 is 5.97 Å². The minimum absolute atomic E-state index is 0.154. The molecule has 5 heteroatoms. The van der Waals surface area contributed by atoms with Crippen LogP contribution in [0.4, 0.5) is 0 Å². The summed E-state index contributed by atoms with van der Waals surface area (Å²) in [6, 6.07) is 9.30. The molecule has 2 heterocycles. The number of hydrogen-bond donors (Lipinski definition) is 1. The molecule has 1 aliphatic rings. The fourth-order valence-electron chi connectivity index (χ4n) is 2.12. The summed E-state index contributed by atoms with van der Waals surface area (Å²) < 4.78 is 7.07. The normalized spacial score (nSPS) is 13.8. The van der Waals surface area contributed by atoms with Crippen LogP contribution in [0, 0.1) is 0 Å². The lowest BCUT2D eigenvalue weighted by Gasteiger charge is -2.14. The zero-order chi connectivity index (χ0) is 12.5. The highest BCUT2D eigenvalue weighted by Crippen LogP contribution is 2.32. The van der Waals surface area contributed by atoms with Gasteiger partial charge in [-0.3, -0.25) is 0 Å². The first kappa shape index (κ1) is 10.8. The van der Waals surface area contributed by atoms with E-state index in [-0.39, 0.29) is 5.56 Å². The van der Waals surface area contributed by atoms with Gasteiger partial charge in [-0.1, -0.05) is 30.3 Å². The first-order valence-corrected chi connectivity index (χ1v) is 5.79. The second-order valence-corrected chi connectivity index (χ2v) is 4.13. The summed E-state index contributed by atoms with van der Waals surface area (Å²) >= 11 is 0. The predicted octanol–water partition coefficient (Wildman–Crippen LogP) is 2.03. The molecule has 5 nitrogen and oxygen atoms in total. The van der Waals surface area contributed by atoms with Crippen molar-refractivity contribution in [2.75, 3.05) is 6.61 Å². The largest absolute Gasteiger partial charge is 0.477 e. The fraction of sp³-hybridized carbons (Fsp3) is 0.231. The summed E-state index contributed by atoms with van der Waals surface area (Å²) in [4.78, 5) is 11.4. The Kier molecular flexibility index (Phi) is 2.51. The van der Waals surface area contributed by atoms with Gasteiger partial charge in [0.05, 0.1) is 6.61 Å². The summed E-state index contributed by atoms with van der Waals surface area (Å²) in [5.74, 6) is -0.635. The van der Waals surface area contributed by atoms with E-state index >= 15 is 0 Å². The quantitative estimate of drug-likeness (QED) is 0.877. The van der Waals surface area contributed by atoms with Crippen LogP contribution < -0.4 is 4.74 Å². The molecular weight excluding hydrogens is 232 g/mol. The average Bonchev–Trinajstić information content (AvgIpc) is 2.79. The Morgan fingerprint density at radius 2 is 2.11 bits per heavy atom. The zero-order valence-electron chi connectivity index (χ0n) is 9.67. The molecule has 1 aromatic heterocycles. The van der Waals surface area contributed by atoms with Crippen molar-refractivity contribution >= 4 is 5.97 Å². The molecule has 0 amide bonds. The van der Waals surface area contributed by atoms with Crippen LogP contribution in [0.25, 0.3) is 11.3 Å². The number of benzene rings is 1. The van der Waals surface area contributed by atoms with E-state index in [0.717, 1.165) is 12.0 Å². The first-order chi connectivity index (χ1) is 8.77. The number of aromatic nitrogens is 2. The van der Waals surface area contributed by atoms with Crippen molar-refractivity contribution in [2.45, 2.75) is 13.0 Å². The van der Waals surface area contributed by atoms with Gasteiger partial charge in [-0.25, -0.2) is 9.48 Å². The summed E-state index contributed by atoms with van der Waals surface area (Å²) in [6.07, 6.45) is 0.849. The third-order valence-corrected chi connectivity index (χ3v) is 2.92. The molecule has 0 spiro atoms. The molecule has 3 rings (SSSR count). The minimum Gasteiger partial charge on any atom is -0.477 e. The zero-order valence-corrected chi connectivity index (χ0v) is 9.67. The molecule has 18 heavy (non-hydrogen) atoms. The first-order valence-electron chi connectivity index (χ1n) is 5.79. The van der Waals surface area contributed by atoms with E-state index in [9.17, 15) is 9.90 Å². The lowest BCUT2D eigenvalue weighted by Crippen LogP contribution is -2.16. The Bertz CT molecular complexity index is 590. The van der Waals surface area contributed by atoms with Crippen LogP contribution in [0.1, 0.15) is 16.8 Å². The highest BCUT2D eigenvalue weighted by atomic mass is 16.5. The Morgan fingerprint density at radius 1 is 1.33 bits per heavy atom. The number of carboxylic acid groups (broad SMARTS) is 1. The second kappa shape index (κ2) is 4.18.